The number of benzene rings is 1. The van der Waals surface area contributed by atoms with Crippen LogP contribution in [0.4, 0.5) is 5.13 Å². The number of aromatic nitrogens is 3. The first-order valence-corrected chi connectivity index (χ1v) is 9.87. The smallest absolute Gasteiger partial charge is 0.275 e. The average molecular weight is 370 g/mol. The summed E-state index contributed by atoms with van der Waals surface area (Å²) in [6.07, 6.45) is 3.00. The van der Waals surface area contributed by atoms with Crippen LogP contribution in [-0.2, 0) is 6.42 Å². The Kier molecular flexibility index (Phi) is 4.88. The van der Waals surface area contributed by atoms with Gasteiger partial charge in [0.1, 0.15) is 5.75 Å². The number of aryl methyl sites for hydroxylation is 1. The molecule has 0 bridgehead atoms. The van der Waals surface area contributed by atoms with E-state index >= 15 is 0 Å². The predicted octanol–water partition coefficient (Wildman–Crippen LogP) is 3.01. The molecule has 1 saturated heterocycles. The zero-order valence-electron chi connectivity index (χ0n) is 14.8. The largest absolute Gasteiger partial charge is 0.493 e. The van der Waals surface area contributed by atoms with Crippen molar-refractivity contribution in [2.75, 3.05) is 24.6 Å². The number of para-hydroxylation sites is 1. The summed E-state index contributed by atoms with van der Waals surface area (Å²) in [7, 11) is 0. The van der Waals surface area contributed by atoms with Crippen molar-refractivity contribution < 1.29 is 4.74 Å². The maximum atomic E-state index is 12.2. The van der Waals surface area contributed by atoms with Gasteiger partial charge in [-0.3, -0.25) is 4.79 Å². The second-order valence-corrected chi connectivity index (χ2v) is 7.53. The maximum Gasteiger partial charge on any atom is 0.275 e. The van der Waals surface area contributed by atoms with Gasteiger partial charge in [-0.05, 0) is 31.4 Å². The summed E-state index contributed by atoms with van der Waals surface area (Å²) < 4.78 is 7.35. The highest BCUT2D eigenvalue weighted by Gasteiger charge is 2.23. The van der Waals surface area contributed by atoms with Gasteiger partial charge in [-0.2, -0.15) is 4.52 Å². The van der Waals surface area contributed by atoms with Gasteiger partial charge in [-0.25, -0.2) is 4.98 Å². The van der Waals surface area contributed by atoms with E-state index in [1.54, 1.807) is 6.07 Å². The molecule has 2 aromatic heterocycles. The average Bonchev–Trinajstić information content (AvgIpc) is 3.12. The number of anilines is 1. The number of nitrogens with zero attached hydrogens (tertiary/aromatic N) is 4. The van der Waals surface area contributed by atoms with Gasteiger partial charge in [0.25, 0.3) is 5.56 Å². The predicted molar refractivity (Wildman–Crippen MR) is 103 cm³/mol. The molecule has 0 amide bonds. The standard InChI is InChI=1S/C19H22N4O2S/c1-2-15-11-17(24)23-18(20-15)26-19(21-23)22-10-6-7-14(12-22)13-25-16-8-4-3-5-9-16/h3-5,8-9,11,14H,2,6-7,10,12-13H2,1H3. The van der Waals surface area contributed by atoms with E-state index in [1.165, 1.54) is 15.9 Å². The zero-order valence-corrected chi connectivity index (χ0v) is 15.6. The van der Waals surface area contributed by atoms with Gasteiger partial charge in [-0.1, -0.05) is 36.5 Å². The minimum atomic E-state index is -0.102. The summed E-state index contributed by atoms with van der Waals surface area (Å²) in [4.78, 5) is 19.7. The Morgan fingerprint density at radius 2 is 2.15 bits per heavy atom. The molecule has 1 aromatic carbocycles. The van der Waals surface area contributed by atoms with E-state index in [1.807, 2.05) is 37.3 Å². The van der Waals surface area contributed by atoms with E-state index < -0.39 is 0 Å². The van der Waals surface area contributed by atoms with Crippen LogP contribution in [0.1, 0.15) is 25.5 Å². The molecule has 1 atom stereocenters. The second kappa shape index (κ2) is 7.45. The number of hydrogen-bond acceptors (Lipinski definition) is 6. The Labute approximate surface area is 156 Å². The minimum absolute atomic E-state index is 0.102. The number of fused-ring (bicyclic) bond motifs is 1. The summed E-state index contributed by atoms with van der Waals surface area (Å²) in [5.74, 6) is 1.36. The molecule has 1 aliphatic rings. The molecule has 0 radical (unpaired) electrons. The number of rotatable bonds is 5. The van der Waals surface area contributed by atoms with Gasteiger partial charge in [-0.15, -0.1) is 5.10 Å². The summed E-state index contributed by atoms with van der Waals surface area (Å²) in [6.45, 7) is 4.55. The Bertz CT molecular complexity index is 938. The van der Waals surface area contributed by atoms with Crippen LogP contribution in [-0.4, -0.2) is 34.3 Å². The van der Waals surface area contributed by atoms with Crippen molar-refractivity contribution in [2.24, 2.45) is 5.92 Å². The fourth-order valence-corrected chi connectivity index (χ4v) is 4.22. The highest BCUT2D eigenvalue weighted by Crippen LogP contribution is 2.27. The molecule has 3 aromatic rings. The van der Waals surface area contributed by atoms with Crippen molar-refractivity contribution in [3.63, 3.8) is 0 Å². The van der Waals surface area contributed by atoms with Gasteiger partial charge in [0.15, 0.2) is 0 Å². The molecule has 3 heterocycles. The monoisotopic (exact) mass is 370 g/mol. The molecule has 1 fully saturated rings. The van der Waals surface area contributed by atoms with E-state index in [0.29, 0.717) is 17.5 Å². The molecule has 0 aliphatic carbocycles. The Morgan fingerprint density at radius 1 is 1.31 bits per heavy atom. The van der Waals surface area contributed by atoms with Crippen LogP contribution in [0.15, 0.2) is 41.2 Å². The van der Waals surface area contributed by atoms with E-state index in [0.717, 1.165) is 48.9 Å². The molecule has 136 valence electrons. The molecule has 0 N–H and O–H groups in total. The van der Waals surface area contributed by atoms with Crippen LogP contribution in [0.25, 0.3) is 4.96 Å². The van der Waals surface area contributed by atoms with Crippen molar-refractivity contribution in [3.05, 3.63) is 52.4 Å². The molecule has 4 rings (SSSR count). The lowest BCUT2D eigenvalue weighted by Crippen LogP contribution is -2.37. The van der Waals surface area contributed by atoms with Gasteiger partial charge in [0.2, 0.25) is 10.1 Å². The lowest BCUT2D eigenvalue weighted by molar-refractivity contribution is 0.228. The van der Waals surface area contributed by atoms with Crippen LogP contribution >= 0.6 is 11.3 Å². The first-order valence-electron chi connectivity index (χ1n) is 9.05. The van der Waals surface area contributed by atoms with Crippen LogP contribution in [0.3, 0.4) is 0 Å². The summed E-state index contributed by atoms with van der Waals surface area (Å²) in [6, 6.07) is 11.5. The highest BCUT2D eigenvalue weighted by molar-refractivity contribution is 7.20. The Hall–Kier alpha value is -2.41. The molecule has 0 spiro atoms. The quantitative estimate of drug-likeness (QED) is 0.691. The molecule has 1 unspecified atom stereocenters. The third kappa shape index (κ3) is 3.58. The molecule has 26 heavy (non-hydrogen) atoms. The van der Waals surface area contributed by atoms with Crippen molar-refractivity contribution in [1.29, 1.82) is 0 Å². The fraction of sp³-hybridized carbons (Fsp3) is 0.421. The lowest BCUT2D eigenvalue weighted by Gasteiger charge is -2.32. The minimum Gasteiger partial charge on any atom is -0.493 e. The summed E-state index contributed by atoms with van der Waals surface area (Å²) in [5, 5.41) is 5.38. The van der Waals surface area contributed by atoms with Crippen LogP contribution < -0.4 is 15.2 Å². The molecular formula is C19H22N4O2S. The van der Waals surface area contributed by atoms with Crippen LogP contribution in [0.2, 0.25) is 0 Å². The van der Waals surface area contributed by atoms with Crippen molar-refractivity contribution in [1.82, 2.24) is 14.6 Å². The molecular weight excluding hydrogens is 348 g/mol. The molecule has 0 saturated carbocycles. The fourth-order valence-electron chi connectivity index (χ4n) is 3.26. The summed E-state index contributed by atoms with van der Waals surface area (Å²) >= 11 is 1.49. The van der Waals surface area contributed by atoms with Gasteiger partial charge in [0, 0.05) is 30.8 Å². The number of hydrogen-bond donors (Lipinski definition) is 0. The van der Waals surface area contributed by atoms with Gasteiger partial charge < -0.3 is 9.64 Å². The molecule has 1 aliphatic heterocycles. The Morgan fingerprint density at radius 3 is 2.96 bits per heavy atom. The second-order valence-electron chi connectivity index (χ2n) is 6.60. The first-order chi connectivity index (χ1) is 12.7. The van der Waals surface area contributed by atoms with Crippen molar-refractivity contribution in [2.45, 2.75) is 26.2 Å². The molecule has 6 nitrogen and oxygen atoms in total. The third-order valence-electron chi connectivity index (χ3n) is 4.67. The number of ether oxygens (including phenoxy) is 1. The van der Waals surface area contributed by atoms with E-state index in [2.05, 4.69) is 15.0 Å². The van der Waals surface area contributed by atoms with Crippen LogP contribution in [0, 0.1) is 5.92 Å². The maximum absolute atomic E-state index is 12.2. The topological polar surface area (TPSA) is 59.7 Å². The van der Waals surface area contributed by atoms with Gasteiger partial charge in [0.05, 0.1) is 6.61 Å². The summed E-state index contributed by atoms with van der Waals surface area (Å²) in [5.41, 5.74) is 0.716. The van der Waals surface area contributed by atoms with Gasteiger partial charge >= 0.3 is 0 Å². The van der Waals surface area contributed by atoms with Crippen molar-refractivity contribution in [3.8, 4) is 5.75 Å². The van der Waals surface area contributed by atoms with E-state index in [4.69, 9.17) is 4.74 Å². The number of piperidine rings is 1. The normalized spacial score (nSPS) is 17.6. The SMILES string of the molecule is CCc1cc(=O)n2nc(N3CCCC(COc4ccccc4)C3)sc2n1. The van der Waals surface area contributed by atoms with E-state index in [9.17, 15) is 4.79 Å². The van der Waals surface area contributed by atoms with Crippen LogP contribution in [0.5, 0.6) is 5.75 Å². The molecule has 7 heteroatoms. The Balaban J connectivity index is 1.48. The zero-order chi connectivity index (χ0) is 17.9. The first kappa shape index (κ1) is 17.0. The van der Waals surface area contributed by atoms with E-state index in [-0.39, 0.29) is 5.56 Å². The van der Waals surface area contributed by atoms with Crippen molar-refractivity contribution >= 4 is 21.4 Å². The highest BCUT2D eigenvalue weighted by atomic mass is 32.1. The lowest BCUT2D eigenvalue weighted by atomic mass is 9.99. The third-order valence-corrected chi connectivity index (χ3v) is 5.64.